The Kier molecular flexibility index (Phi) is 2.07. The number of rotatable bonds is 0. The molecule has 0 bridgehead atoms. The number of hydrogen-bond acceptors (Lipinski definition) is 3. The van der Waals surface area contributed by atoms with Gasteiger partial charge >= 0.3 is 0 Å². The molecule has 0 saturated heterocycles. The van der Waals surface area contributed by atoms with Gasteiger partial charge in [0.25, 0.3) is 0 Å². The van der Waals surface area contributed by atoms with Crippen LogP contribution in [0.2, 0.25) is 0 Å². The largest absolute Gasteiger partial charge is 0.486 e. The molecule has 1 aromatic rings. The molecule has 70 valence electrons. The molecular weight excluding hydrogens is 232 g/mol. The number of benzene rings is 1. The van der Waals surface area contributed by atoms with E-state index in [0.717, 1.165) is 28.1 Å². The highest BCUT2D eigenvalue weighted by Gasteiger charge is 2.18. The summed E-state index contributed by atoms with van der Waals surface area (Å²) in [5, 5.41) is 3.26. The monoisotopic (exact) mass is 242 g/mol. The van der Waals surface area contributed by atoms with Gasteiger partial charge in [0.15, 0.2) is 5.75 Å². The number of halogens is 1. The third-order valence-electron chi connectivity index (χ3n) is 1.96. The summed E-state index contributed by atoms with van der Waals surface area (Å²) in [6.07, 6.45) is 0.201. The minimum absolute atomic E-state index is 0.201. The lowest BCUT2D eigenvalue weighted by Gasteiger charge is -2.25. The standard InChI is InChI=1S/C9H11BrN2O/c1-5-4-12-8-3-6(11)2-7(10)9(8)13-5/h2-3,5,12H,4,11H2,1H3. The molecule has 0 radical (unpaired) electrons. The van der Waals surface area contributed by atoms with Crippen molar-refractivity contribution in [1.29, 1.82) is 0 Å². The van der Waals surface area contributed by atoms with Crippen molar-refractivity contribution in [3.8, 4) is 5.75 Å². The fourth-order valence-corrected chi connectivity index (χ4v) is 1.93. The van der Waals surface area contributed by atoms with Crippen LogP contribution < -0.4 is 15.8 Å². The fraction of sp³-hybridized carbons (Fsp3) is 0.333. The third kappa shape index (κ3) is 1.58. The van der Waals surface area contributed by atoms with E-state index in [1.165, 1.54) is 0 Å². The van der Waals surface area contributed by atoms with Gasteiger partial charge in [0.2, 0.25) is 0 Å². The van der Waals surface area contributed by atoms with Crippen LogP contribution in [0, 0.1) is 0 Å². The Morgan fingerprint density at radius 2 is 2.38 bits per heavy atom. The predicted molar refractivity (Wildman–Crippen MR) is 57.1 cm³/mol. The van der Waals surface area contributed by atoms with E-state index in [9.17, 15) is 0 Å². The van der Waals surface area contributed by atoms with Gasteiger partial charge in [-0.3, -0.25) is 0 Å². The first-order valence-electron chi connectivity index (χ1n) is 4.16. The highest BCUT2D eigenvalue weighted by Crippen LogP contribution is 2.38. The second-order valence-corrected chi connectivity index (χ2v) is 4.04. The molecular formula is C9H11BrN2O. The Hall–Kier alpha value is -0.900. The van der Waals surface area contributed by atoms with Gasteiger partial charge in [-0.25, -0.2) is 0 Å². The van der Waals surface area contributed by atoms with Crippen LogP contribution in [0.25, 0.3) is 0 Å². The SMILES string of the molecule is CC1CNc2cc(N)cc(Br)c2O1. The lowest BCUT2D eigenvalue weighted by molar-refractivity contribution is 0.224. The summed E-state index contributed by atoms with van der Waals surface area (Å²) in [6.45, 7) is 2.85. The fourth-order valence-electron chi connectivity index (χ4n) is 1.36. The molecule has 0 spiro atoms. The molecule has 0 fully saturated rings. The van der Waals surface area contributed by atoms with E-state index in [2.05, 4.69) is 21.2 Å². The number of ether oxygens (including phenoxy) is 1. The molecule has 4 heteroatoms. The second kappa shape index (κ2) is 3.10. The molecule has 0 saturated carbocycles. The molecule has 3 N–H and O–H groups in total. The van der Waals surface area contributed by atoms with Crippen molar-refractivity contribution < 1.29 is 4.74 Å². The van der Waals surface area contributed by atoms with Crippen LogP contribution in [-0.4, -0.2) is 12.6 Å². The quantitative estimate of drug-likeness (QED) is 0.687. The van der Waals surface area contributed by atoms with Gasteiger partial charge in [0.1, 0.15) is 6.10 Å². The summed E-state index contributed by atoms with van der Waals surface area (Å²) in [5.41, 5.74) is 7.39. The van der Waals surface area contributed by atoms with E-state index in [-0.39, 0.29) is 6.10 Å². The van der Waals surface area contributed by atoms with E-state index in [4.69, 9.17) is 10.5 Å². The third-order valence-corrected chi connectivity index (χ3v) is 2.55. The van der Waals surface area contributed by atoms with Crippen molar-refractivity contribution in [2.75, 3.05) is 17.6 Å². The van der Waals surface area contributed by atoms with Crippen molar-refractivity contribution in [2.45, 2.75) is 13.0 Å². The molecule has 2 rings (SSSR count). The second-order valence-electron chi connectivity index (χ2n) is 3.19. The van der Waals surface area contributed by atoms with Crippen molar-refractivity contribution in [1.82, 2.24) is 0 Å². The Balaban J connectivity index is 2.47. The molecule has 1 aliphatic rings. The first-order valence-corrected chi connectivity index (χ1v) is 4.95. The molecule has 13 heavy (non-hydrogen) atoms. The maximum Gasteiger partial charge on any atom is 0.157 e. The molecule has 1 unspecified atom stereocenters. The normalized spacial score (nSPS) is 20.0. The summed E-state index contributed by atoms with van der Waals surface area (Å²) in [5.74, 6) is 0.855. The van der Waals surface area contributed by atoms with Gasteiger partial charge in [0, 0.05) is 5.69 Å². The molecule has 1 aliphatic heterocycles. The van der Waals surface area contributed by atoms with E-state index in [1.54, 1.807) is 0 Å². The summed E-state index contributed by atoms with van der Waals surface area (Å²) in [6, 6.07) is 3.73. The maximum atomic E-state index is 5.69. The number of anilines is 2. The van der Waals surface area contributed by atoms with Crippen LogP contribution in [0.5, 0.6) is 5.75 Å². The van der Waals surface area contributed by atoms with Crippen molar-refractivity contribution in [3.05, 3.63) is 16.6 Å². The number of hydrogen-bond donors (Lipinski definition) is 2. The van der Waals surface area contributed by atoms with Crippen LogP contribution in [-0.2, 0) is 0 Å². The number of fused-ring (bicyclic) bond motifs is 1. The molecule has 0 aromatic heterocycles. The summed E-state index contributed by atoms with van der Waals surface area (Å²) in [4.78, 5) is 0. The zero-order valence-corrected chi connectivity index (χ0v) is 8.89. The average Bonchev–Trinajstić information content (AvgIpc) is 2.06. The van der Waals surface area contributed by atoms with Crippen LogP contribution in [0.1, 0.15) is 6.92 Å². The van der Waals surface area contributed by atoms with Gasteiger partial charge in [-0.15, -0.1) is 0 Å². The summed E-state index contributed by atoms with van der Waals surface area (Å²) >= 11 is 3.42. The topological polar surface area (TPSA) is 47.3 Å². The molecule has 1 atom stereocenters. The van der Waals surface area contributed by atoms with E-state index in [1.807, 2.05) is 19.1 Å². The minimum atomic E-state index is 0.201. The van der Waals surface area contributed by atoms with Gasteiger partial charge in [-0.1, -0.05) is 0 Å². The Labute approximate surface area is 85.4 Å². The molecule has 0 amide bonds. The lowest BCUT2D eigenvalue weighted by Crippen LogP contribution is -2.27. The van der Waals surface area contributed by atoms with Crippen molar-refractivity contribution >= 4 is 27.3 Å². The molecule has 3 nitrogen and oxygen atoms in total. The predicted octanol–water partition coefficient (Wildman–Crippen LogP) is 2.22. The first kappa shape index (κ1) is 8.69. The van der Waals surface area contributed by atoms with Crippen molar-refractivity contribution in [2.24, 2.45) is 0 Å². The van der Waals surface area contributed by atoms with Crippen LogP contribution >= 0.6 is 15.9 Å². The van der Waals surface area contributed by atoms with Gasteiger partial charge in [0.05, 0.1) is 16.7 Å². The smallest absolute Gasteiger partial charge is 0.157 e. The summed E-state index contributed by atoms with van der Waals surface area (Å²) in [7, 11) is 0. The lowest BCUT2D eigenvalue weighted by atomic mass is 10.2. The number of nitrogens with two attached hydrogens (primary N) is 1. The number of nitrogen functional groups attached to an aromatic ring is 1. The Morgan fingerprint density at radius 1 is 1.62 bits per heavy atom. The van der Waals surface area contributed by atoms with Gasteiger partial charge in [-0.2, -0.15) is 0 Å². The summed E-state index contributed by atoms with van der Waals surface area (Å²) < 4.78 is 6.56. The average molecular weight is 243 g/mol. The van der Waals surface area contributed by atoms with Gasteiger partial charge < -0.3 is 15.8 Å². The first-order chi connectivity index (χ1) is 6.16. The Bertz CT molecular complexity index is 341. The number of nitrogens with one attached hydrogen (secondary N) is 1. The van der Waals surface area contributed by atoms with Gasteiger partial charge in [-0.05, 0) is 35.0 Å². The van der Waals surface area contributed by atoms with Crippen molar-refractivity contribution in [3.63, 3.8) is 0 Å². The zero-order chi connectivity index (χ0) is 9.42. The van der Waals surface area contributed by atoms with Crippen LogP contribution in [0.15, 0.2) is 16.6 Å². The maximum absolute atomic E-state index is 5.69. The van der Waals surface area contributed by atoms with E-state index < -0.39 is 0 Å². The van der Waals surface area contributed by atoms with E-state index in [0.29, 0.717) is 0 Å². The molecule has 1 aromatic carbocycles. The highest BCUT2D eigenvalue weighted by molar-refractivity contribution is 9.10. The molecule has 0 aliphatic carbocycles. The van der Waals surface area contributed by atoms with Crippen LogP contribution in [0.3, 0.4) is 0 Å². The van der Waals surface area contributed by atoms with Crippen LogP contribution in [0.4, 0.5) is 11.4 Å². The Morgan fingerprint density at radius 3 is 3.15 bits per heavy atom. The zero-order valence-electron chi connectivity index (χ0n) is 7.30. The minimum Gasteiger partial charge on any atom is -0.486 e. The van der Waals surface area contributed by atoms with E-state index >= 15 is 0 Å². The molecule has 1 heterocycles. The highest BCUT2D eigenvalue weighted by atomic mass is 79.9.